The van der Waals surface area contributed by atoms with Gasteiger partial charge < -0.3 is 10.8 Å². The van der Waals surface area contributed by atoms with E-state index in [-0.39, 0.29) is 5.92 Å². The Morgan fingerprint density at radius 3 is 1.68 bits per heavy atom. The monoisotopic (exact) mass is 502 g/mol. The van der Waals surface area contributed by atoms with Gasteiger partial charge in [-0.3, -0.25) is 14.8 Å². The zero-order chi connectivity index (χ0) is 17.0. The number of hydrogen-bond donors (Lipinski definition) is 1. The number of rotatable bonds is 3. The molecule has 0 aliphatic carbocycles. The maximum absolute atomic E-state index is 9.95. The molecular formula is C15H18ClN3O2Pt. The van der Waals surface area contributed by atoms with Crippen molar-refractivity contribution in [3.05, 3.63) is 54.5 Å². The first-order chi connectivity index (χ1) is 10.5. The van der Waals surface area contributed by atoms with Crippen LogP contribution in [0.3, 0.4) is 0 Å². The molecule has 0 bridgehead atoms. The van der Waals surface area contributed by atoms with Gasteiger partial charge in [-0.05, 0) is 30.3 Å². The molecule has 0 aliphatic heterocycles. The van der Waals surface area contributed by atoms with Gasteiger partial charge in [0.05, 0.1) is 11.4 Å². The summed E-state index contributed by atoms with van der Waals surface area (Å²) in [5, 5.41) is 8.16. The second kappa shape index (κ2) is 12.3. The molecule has 1 unspecified atom stereocenters. The number of halogens is 1. The van der Waals surface area contributed by atoms with Gasteiger partial charge in [-0.1, -0.05) is 31.9 Å². The molecule has 0 aliphatic rings. The smallest absolute Gasteiger partial charge is 0.0886 e. The first kappa shape index (κ1) is 20.7. The maximum Gasteiger partial charge on any atom is 0.0886 e. The van der Waals surface area contributed by atoms with E-state index in [0.717, 1.165) is 11.4 Å². The van der Waals surface area contributed by atoms with Crippen LogP contribution < -0.4 is 0 Å². The zero-order valence-corrected chi connectivity index (χ0v) is 15.2. The van der Waals surface area contributed by atoms with Crippen LogP contribution in [0.5, 0.6) is 0 Å². The second-order valence-electron chi connectivity index (χ2n) is 4.49. The predicted octanol–water partition coefficient (Wildman–Crippen LogP) is 3.98. The Bertz CT molecular complexity index is 489. The van der Waals surface area contributed by atoms with Crippen molar-refractivity contribution in [3.8, 4) is 11.4 Å². The summed E-state index contributed by atoms with van der Waals surface area (Å²) >= 11 is 1.61. The second-order valence-corrected chi connectivity index (χ2v) is 4.49. The van der Waals surface area contributed by atoms with Crippen molar-refractivity contribution < 1.29 is 28.7 Å². The SMILES string of the molecule is CC(C)C([NH-])C(=O)O.[Cl][Pt+].c1ccc(-c2ccccn2)nc1. The van der Waals surface area contributed by atoms with Gasteiger partial charge in [0.25, 0.3) is 5.97 Å². The van der Waals surface area contributed by atoms with Gasteiger partial charge >= 0.3 is 28.2 Å². The third kappa shape index (κ3) is 8.22. The van der Waals surface area contributed by atoms with Crippen LogP contribution in [0.15, 0.2) is 48.8 Å². The van der Waals surface area contributed by atoms with Crippen LogP contribution in [0.1, 0.15) is 13.8 Å². The Labute approximate surface area is 145 Å². The van der Waals surface area contributed by atoms with Crippen LogP contribution >= 0.6 is 9.42 Å². The normalized spacial score (nSPS) is 10.7. The van der Waals surface area contributed by atoms with Crippen molar-refractivity contribution in [1.82, 2.24) is 9.97 Å². The van der Waals surface area contributed by atoms with Crippen LogP contribution in [0.4, 0.5) is 0 Å². The summed E-state index contributed by atoms with van der Waals surface area (Å²) in [6.07, 6.45) is 3.54. The molecule has 2 N–H and O–H groups in total. The number of pyridine rings is 2. The topological polar surface area (TPSA) is 86.9 Å². The summed E-state index contributed by atoms with van der Waals surface area (Å²) < 4.78 is 0. The molecule has 0 saturated heterocycles. The van der Waals surface area contributed by atoms with Gasteiger partial charge in [-0.15, -0.1) is 0 Å². The van der Waals surface area contributed by atoms with Gasteiger partial charge in [0.1, 0.15) is 0 Å². The molecule has 0 aromatic carbocycles. The first-order valence-electron chi connectivity index (χ1n) is 6.40. The van der Waals surface area contributed by atoms with Gasteiger partial charge in [0, 0.05) is 12.4 Å². The number of aliphatic carboxylic acids is 1. The minimum absolute atomic E-state index is 0.0903. The molecule has 2 aromatic rings. The van der Waals surface area contributed by atoms with Crippen molar-refractivity contribution >= 4 is 15.4 Å². The molecule has 2 rings (SSSR count). The summed E-state index contributed by atoms with van der Waals surface area (Å²) in [6, 6.07) is 10.6. The zero-order valence-electron chi connectivity index (χ0n) is 12.2. The standard InChI is InChI=1S/C10H8N2.C5H10NO2.ClH.Pt/c1-3-7-11-9(5-1)10-6-2-4-8-12-10;1-3(2)4(6)5(7)8;;/h1-8H;3-4,6H,1-2H3,(H,7,8);1H;/q;-1;;+2/p-1. The Kier molecular flexibility index (Phi) is 11.6. The molecule has 122 valence electrons. The Morgan fingerprint density at radius 2 is 1.50 bits per heavy atom. The molecule has 2 aromatic heterocycles. The minimum Gasteiger partial charge on any atom is -0.255 e. The van der Waals surface area contributed by atoms with Crippen molar-refractivity contribution in [2.24, 2.45) is 5.92 Å². The van der Waals surface area contributed by atoms with E-state index in [2.05, 4.69) is 19.4 Å². The van der Waals surface area contributed by atoms with E-state index in [1.165, 1.54) is 0 Å². The number of hydrogen-bond acceptors (Lipinski definition) is 3. The van der Waals surface area contributed by atoms with E-state index in [9.17, 15) is 4.79 Å². The average Bonchev–Trinajstić information content (AvgIpc) is 2.58. The fourth-order valence-electron chi connectivity index (χ4n) is 1.31. The number of carbonyl (C=O) groups is 1. The summed E-state index contributed by atoms with van der Waals surface area (Å²) in [5.74, 6) is -1.13. The van der Waals surface area contributed by atoms with E-state index in [1.54, 1.807) is 45.0 Å². The summed E-state index contributed by atoms with van der Waals surface area (Å²) in [5.41, 5.74) is 8.71. The van der Waals surface area contributed by atoms with E-state index < -0.39 is 12.0 Å². The predicted molar refractivity (Wildman–Crippen MR) is 83.9 cm³/mol. The molecule has 22 heavy (non-hydrogen) atoms. The molecule has 1 atom stereocenters. The molecule has 5 nitrogen and oxygen atoms in total. The number of nitrogens with zero attached hydrogens (tertiary/aromatic N) is 2. The van der Waals surface area contributed by atoms with Crippen LogP contribution in [-0.4, -0.2) is 27.1 Å². The number of carboxylic acids is 1. The van der Waals surface area contributed by atoms with Crippen molar-refractivity contribution in [1.29, 1.82) is 0 Å². The largest absolute Gasteiger partial charge is 0.255 e. The average molecular weight is 503 g/mol. The molecule has 0 saturated carbocycles. The first-order valence-corrected chi connectivity index (χ1v) is 9.22. The van der Waals surface area contributed by atoms with Gasteiger partial charge in [-0.2, -0.15) is 0 Å². The van der Waals surface area contributed by atoms with E-state index in [0.29, 0.717) is 0 Å². The molecule has 2 heterocycles. The van der Waals surface area contributed by atoms with Crippen LogP contribution in [-0.2, 0) is 23.6 Å². The molecule has 7 heteroatoms. The van der Waals surface area contributed by atoms with E-state index in [1.807, 2.05) is 36.4 Å². The molecule has 0 fully saturated rings. The summed E-state index contributed by atoms with van der Waals surface area (Å²) in [6.45, 7) is 3.43. The fourth-order valence-corrected chi connectivity index (χ4v) is 1.31. The third-order valence-corrected chi connectivity index (χ3v) is 2.52. The van der Waals surface area contributed by atoms with E-state index in [4.69, 9.17) is 10.8 Å². The van der Waals surface area contributed by atoms with Crippen molar-refractivity contribution in [3.63, 3.8) is 0 Å². The Balaban J connectivity index is 0.000000388. The summed E-state index contributed by atoms with van der Waals surface area (Å²) in [7, 11) is 4.61. The summed E-state index contributed by atoms with van der Waals surface area (Å²) in [4.78, 5) is 18.3. The number of aromatic nitrogens is 2. The quantitative estimate of drug-likeness (QED) is 0.688. The third-order valence-electron chi connectivity index (χ3n) is 2.52. The molecule has 0 spiro atoms. The molecule has 0 radical (unpaired) electrons. The Hall–Kier alpha value is -1.29. The van der Waals surface area contributed by atoms with E-state index >= 15 is 0 Å². The van der Waals surface area contributed by atoms with Gasteiger partial charge in [0.2, 0.25) is 0 Å². The minimum atomic E-state index is -1.04. The van der Waals surface area contributed by atoms with Crippen LogP contribution in [0.25, 0.3) is 17.1 Å². The maximum atomic E-state index is 9.95. The molecular weight excluding hydrogens is 485 g/mol. The number of carboxylic acid groups (broad SMARTS) is 1. The number of nitrogens with one attached hydrogen (secondary N) is 1. The van der Waals surface area contributed by atoms with Gasteiger partial charge in [0.15, 0.2) is 0 Å². The Morgan fingerprint density at radius 1 is 1.09 bits per heavy atom. The fraction of sp³-hybridized carbons (Fsp3) is 0.267. The van der Waals surface area contributed by atoms with Crippen molar-refractivity contribution in [2.45, 2.75) is 19.9 Å². The van der Waals surface area contributed by atoms with Crippen LogP contribution in [0, 0.1) is 5.92 Å². The van der Waals surface area contributed by atoms with Crippen LogP contribution in [0.2, 0.25) is 0 Å². The van der Waals surface area contributed by atoms with Gasteiger partial charge in [-0.25, -0.2) is 0 Å². The van der Waals surface area contributed by atoms with Crippen molar-refractivity contribution in [2.75, 3.05) is 0 Å². The molecule has 0 amide bonds.